The van der Waals surface area contributed by atoms with Gasteiger partial charge in [0.2, 0.25) is 0 Å². The SMILES string of the molecule is CCOc1cccc(NS(=O)(=O)c2ccc(F)cc2)c1C(=O)OC. The summed E-state index contributed by atoms with van der Waals surface area (Å²) >= 11 is 0. The number of nitrogens with one attached hydrogen (secondary N) is 1. The third-order valence-electron chi connectivity index (χ3n) is 3.08. The van der Waals surface area contributed by atoms with Crippen LogP contribution < -0.4 is 9.46 Å². The topological polar surface area (TPSA) is 81.7 Å². The summed E-state index contributed by atoms with van der Waals surface area (Å²) in [7, 11) is -2.82. The average Bonchev–Trinajstić information content (AvgIpc) is 2.55. The number of anilines is 1. The number of carbonyl (C=O) groups excluding carboxylic acids is 1. The Balaban J connectivity index is 2.46. The van der Waals surface area contributed by atoms with Crippen LogP contribution in [0.15, 0.2) is 47.4 Å². The normalized spacial score (nSPS) is 11.0. The number of esters is 1. The number of rotatable bonds is 6. The monoisotopic (exact) mass is 353 g/mol. The van der Waals surface area contributed by atoms with Gasteiger partial charge in [0.25, 0.3) is 10.0 Å². The first-order valence-corrected chi connectivity index (χ1v) is 8.50. The lowest BCUT2D eigenvalue weighted by Gasteiger charge is -2.15. The van der Waals surface area contributed by atoms with Gasteiger partial charge in [0.05, 0.1) is 24.3 Å². The molecule has 0 amide bonds. The molecular weight excluding hydrogens is 337 g/mol. The molecule has 2 aromatic rings. The molecule has 1 N–H and O–H groups in total. The van der Waals surface area contributed by atoms with E-state index >= 15 is 0 Å². The van der Waals surface area contributed by atoms with Crippen LogP contribution in [0, 0.1) is 5.82 Å². The van der Waals surface area contributed by atoms with E-state index in [0.717, 1.165) is 24.3 Å². The number of sulfonamides is 1. The predicted molar refractivity (Wildman–Crippen MR) is 86.2 cm³/mol. The molecule has 0 saturated carbocycles. The van der Waals surface area contributed by atoms with Crippen LogP contribution in [0.1, 0.15) is 17.3 Å². The second-order valence-corrected chi connectivity index (χ2v) is 6.35. The Morgan fingerprint density at radius 2 is 1.83 bits per heavy atom. The molecule has 24 heavy (non-hydrogen) atoms. The van der Waals surface area contributed by atoms with Crippen molar-refractivity contribution in [2.24, 2.45) is 0 Å². The number of halogens is 1. The van der Waals surface area contributed by atoms with Gasteiger partial charge < -0.3 is 9.47 Å². The Morgan fingerprint density at radius 1 is 1.17 bits per heavy atom. The Labute approximate surface area is 139 Å². The minimum absolute atomic E-state index is 0.0112. The first-order chi connectivity index (χ1) is 11.4. The zero-order chi connectivity index (χ0) is 17.7. The number of methoxy groups -OCH3 is 1. The van der Waals surface area contributed by atoms with Gasteiger partial charge in [0, 0.05) is 0 Å². The Morgan fingerprint density at radius 3 is 2.42 bits per heavy atom. The minimum atomic E-state index is -4.01. The van der Waals surface area contributed by atoms with Crippen molar-refractivity contribution in [2.45, 2.75) is 11.8 Å². The minimum Gasteiger partial charge on any atom is -0.493 e. The second kappa shape index (κ2) is 7.31. The van der Waals surface area contributed by atoms with Crippen molar-refractivity contribution in [3.05, 3.63) is 53.8 Å². The summed E-state index contributed by atoms with van der Waals surface area (Å²) < 4.78 is 50.2. The molecule has 0 unspecified atom stereocenters. The molecule has 6 nitrogen and oxygen atoms in total. The molecular formula is C16H16FNO5S. The molecule has 0 bridgehead atoms. The molecule has 0 aromatic heterocycles. The van der Waals surface area contributed by atoms with Gasteiger partial charge in [-0.25, -0.2) is 17.6 Å². The lowest BCUT2D eigenvalue weighted by atomic mass is 10.1. The van der Waals surface area contributed by atoms with Crippen LogP contribution in [0.3, 0.4) is 0 Å². The van der Waals surface area contributed by atoms with Gasteiger partial charge >= 0.3 is 5.97 Å². The maximum atomic E-state index is 13.0. The van der Waals surface area contributed by atoms with E-state index in [9.17, 15) is 17.6 Å². The van der Waals surface area contributed by atoms with E-state index in [1.165, 1.54) is 19.2 Å². The summed E-state index contributed by atoms with van der Waals surface area (Å²) in [4.78, 5) is 11.9. The largest absolute Gasteiger partial charge is 0.493 e. The fourth-order valence-corrected chi connectivity index (χ4v) is 3.09. The highest BCUT2D eigenvalue weighted by molar-refractivity contribution is 7.92. The van der Waals surface area contributed by atoms with E-state index in [-0.39, 0.29) is 28.5 Å². The molecule has 0 spiro atoms. The maximum Gasteiger partial charge on any atom is 0.343 e. The van der Waals surface area contributed by atoms with Crippen molar-refractivity contribution in [2.75, 3.05) is 18.4 Å². The molecule has 0 heterocycles. The zero-order valence-electron chi connectivity index (χ0n) is 13.1. The van der Waals surface area contributed by atoms with Crippen LogP contribution in [-0.2, 0) is 14.8 Å². The van der Waals surface area contributed by atoms with Gasteiger partial charge in [0.15, 0.2) is 0 Å². The molecule has 8 heteroatoms. The van der Waals surface area contributed by atoms with E-state index < -0.39 is 21.8 Å². The molecule has 0 saturated heterocycles. The van der Waals surface area contributed by atoms with Gasteiger partial charge in [-0.15, -0.1) is 0 Å². The number of ether oxygens (including phenoxy) is 2. The summed E-state index contributed by atoms with van der Waals surface area (Å²) in [6.07, 6.45) is 0. The number of hydrogen-bond acceptors (Lipinski definition) is 5. The van der Waals surface area contributed by atoms with Crippen LogP contribution in [0.4, 0.5) is 10.1 Å². The summed E-state index contributed by atoms with van der Waals surface area (Å²) in [5.74, 6) is -1.10. The van der Waals surface area contributed by atoms with Crippen LogP contribution >= 0.6 is 0 Å². The summed E-state index contributed by atoms with van der Waals surface area (Å²) in [5.41, 5.74) is -0.0235. The molecule has 0 radical (unpaired) electrons. The van der Waals surface area contributed by atoms with Gasteiger partial charge in [-0.2, -0.15) is 0 Å². The molecule has 0 atom stereocenters. The molecule has 2 rings (SSSR count). The lowest BCUT2D eigenvalue weighted by Crippen LogP contribution is -2.17. The molecule has 2 aromatic carbocycles. The van der Waals surface area contributed by atoms with Gasteiger partial charge in [-0.05, 0) is 43.3 Å². The molecule has 0 aliphatic carbocycles. The van der Waals surface area contributed by atoms with Crippen molar-refractivity contribution >= 4 is 21.7 Å². The van der Waals surface area contributed by atoms with Crippen LogP contribution in [-0.4, -0.2) is 28.1 Å². The van der Waals surface area contributed by atoms with Crippen molar-refractivity contribution in [3.8, 4) is 5.75 Å². The fourth-order valence-electron chi connectivity index (χ4n) is 2.02. The first-order valence-electron chi connectivity index (χ1n) is 7.01. The second-order valence-electron chi connectivity index (χ2n) is 4.66. The summed E-state index contributed by atoms with van der Waals surface area (Å²) in [5, 5.41) is 0. The summed E-state index contributed by atoms with van der Waals surface area (Å²) in [6.45, 7) is 2.02. The van der Waals surface area contributed by atoms with Crippen molar-refractivity contribution in [3.63, 3.8) is 0 Å². The molecule has 128 valence electrons. The van der Waals surface area contributed by atoms with Crippen LogP contribution in [0.2, 0.25) is 0 Å². The average molecular weight is 353 g/mol. The third kappa shape index (κ3) is 3.83. The highest BCUT2D eigenvalue weighted by Crippen LogP contribution is 2.29. The Bertz CT molecular complexity index is 834. The predicted octanol–water partition coefficient (Wildman–Crippen LogP) is 2.81. The smallest absolute Gasteiger partial charge is 0.343 e. The molecule has 0 fully saturated rings. The van der Waals surface area contributed by atoms with E-state index in [1.807, 2.05) is 0 Å². The number of benzene rings is 2. The van der Waals surface area contributed by atoms with E-state index in [4.69, 9.17) is 9.47 Å². The number of hydrogen-bond donors (Lipinski definition) is 1. The van der Waals surface area contributed by atoms with Gasteiger partial charge in [0.1, 0.15) is 17.1 Å². The summed E-state index contributed by atoms with van der Waals surface area (Å²) in [6, 6.07) is 8.81. The van der Waals surface area contributed by atoms with Crippen LogP contribution in [0.25, 0.3) is 0 Å². The molecule has 0 aliphatic heterocycles. The Hall–Kier alpha value is -2.61. The number of carbonyl (C=O) groups is 1. The maximum absolute atomic E-state index is 13.0. The zero-order valence-corrected chi connectivity index (χ0v) is 13.9. The first kappa shape index (κ1) is 17.7. The van der Waals surface area contributed by atoms with Crippen molar-refractivity contribution in [1.82, 2.24) is 0 Å². The standard InChI is InChI=1S/C16H16FNO5S/c1-3-23-14-6-4-5-13(15(14)16(19)22-2)18-24(20,21)12-9-7-11(17)8-10-12/h4-10,18H,3H2,1-2H3. The van der Waals surface area contributed by atoms with Crippen molar-refractivity contribution in [1.29, 1.82) is 0 Å². The molecule has 0 aliphatic rings. The van der Waals surface area contributed by atoms with E-state index in [1.54, 1.807) is 13.0 Å². The quantitative estimate of drug-likeness (QED) is 0.808. The van der Waals surface area contributed by atoms with Gasteiger partial charge in [-0.3, -0.25) is 4.72 Å². The van der Waals surface area contributed by atoms with Crippen LogP contribution in [0.5, 0.6) is 5.75 Å². The highest BCUT2D eigenvalue weighted by atomic mass is 32.2. The third-order valence-corrected chi connectivity index (χ3v) is 4.47. The van der Waals surface area contributed by atoms with Gasteiger partial charge in [-0.1, -0.05) is 6.07 Å². The lowest BCUT2D eigenvalue weighted by molar-refractivity contribution is 0.0597. The van der Waals surface area contributed by atoms with E-state index in [2.05, 4.69) is 4.72 Å². The Kier molecular flexibility index (Phi) is 5.40. The highest BCUT2D eigenvalue weighted by Gasteiger charge is 2.22. The van der Waals surface area contributed by atoms with Crippen molar-refractivity contribution < 1.29 is 27.1 Å². The van der Waals surface area contributed by atoms with E-state index in [0.29, 0.717) is 0 Å². The fraction of sp³-hybridized carbons (Fsp3) is 0.188.